The summed E-state index contributed by atoms with van der Waals surface area (Å²) in [4.78, 5) is 23.0. The Hall–Kier alpha value is -3.40. The van der Waals surface area contributed by atoms with Gasteiger partial charge in [-0.3, -0.25) is 9.47 Å². The van der Waals surface area contributed by atoms with Gasteiger partial charge in [0.2, 0.25) is 5.95 Å². The van der Waals surface area contributed by atoms with Crippen molar-refractivity contribution in [3.05, 3.63) is 58.8 Å². The lowest BCUT2D eigenvalue weighted by molar-refractivity contribution is 0.0904. The SMILES string of the molecule is O=C(OC1CC1)N1Cc2cc(Cl)ccc2-n2c(nnc2N2CC3(CN(c4ccc(F)cn4)C3)C2)C1. The van der Waals surface area contributed by atoms with Crippen LogP contribution in [-0.2, 0) is 17.8 Å². The molecule has 5 heterocycles. The number of carbonyl (C=O) groups excluding carboxylic acids is 1. The Morgan fingerprint density at radius 1 is 1.06 bits per heavy atom. The van der Waals surface area contributed by atoms with E-state index in [-0.39, 0.29) is 23.4 Å². The normalized spacial score (nSPS) is 20.0. The molecule has 0 atom stereocenters. The van der Waals surface area contributed by atoms with Gasteiger partial charge in [-0.25, -0.2) is 14.2 Å². The van der Waals surface area contributed by atoms with Crippen LogP contribution in [0.3, 0.4) is 0 Å². The minimum absolute atomic E-state index is 0.0300. The molecule has 0 bridgehead atoms. The van der Waals surface area contributed by atoms with Crippen LogP contribution in [0.2, 0.25) is 5.02 Å². The van der Waals surface area contributed by atoms with Crippen molar-refractivity contribution in [2.45, 2.75) is 32.0 Å². The first-order chi connectivity index (χ1) is 17.0. The number of amides is 1. The second kappa shape index (κ2) is 7.55. The van der Waals surface area contributed by atoms with Crippen molar-refractivity contribution >= 4 is 29.5 Å². The van der Waals surface area contributed by atoms with Crippen LogP contribution in [0, 0.1) is 11.2 Å². The second-order valence-electron chi connectivity index (χ2n) is 10.0. The molecule has 0 unspecified atom stereocenters. The van der Waals surface area contributed by atoms with Gasteiger partial charge < -0.3 is 14.5 Å². The predicted molar refractivity (Wildman–Crippen MR) is 126 cm³/mol. The first-order valence-electron chi connectivity index (χ1n) is 11.8. The van der Waals surface area contributed by atoms with E-state index in [4.69, 9.17) is 16.3 Å². The number of pyridine rings is 1. The van der Waals surface area contributed by atoms with Crippen LogP contribution in [0.25, 0.3) is 5.69 Å². The zero-order valence-electron chi connectivity index (χ0n) is 18.9. The van der Waals surface area contributed by atoms with E-state index in [1.165, 1.54) is 12.3 Å². The summed E-state index contributed by atoms with van der Waals surface area (Å²) < 4.78 is 20.8. The van der Waals surface area contributed by atoms with E-state index in [9.17, 15) is 9.18 Å². The van der Waals surface area contributed by atoms with E-state index >= 15 is 0 Å². The molecule has 1 amide bonds. The van der Waals surface area contributed by atoms with Gasteiger partial charge in [0.25, 0.3) is 0 Å². The summed E-state index contributed by atoms with van der Waals surface area (Å²) in [6.45, 7) is 4.15. The molecule has 1 aromatic carbocycles. The highest BCUT2D eigenvalue weighted by molar-refractivity contribution is 6.30. The summed E-state index contributed by atoms with van der Waals surface area (Å²) >= 11 is 6.31. The lowest BCUT2D eigenvalue weighted by Crippen LogP contribution is -2.73. The number of aromatic nitrogens is 4. The molecule has 1 aliphatic carbocycles. The van der Waals surface area contributed by atoms with Gasteiger partial charge in [0.05, 0.1) is 25.0 Å². The maximum Gasteiger partial charge on any atom is 0.410 e. The largest absolute Gasteiger partial charge is 0.446 e. The number of ether oxygens (including phenoxy) is 1. The van der Waals surface area contributed by atoms with Gasteiger partial charge in [-0.2, -0.15) is 0 Å². The Bertz CT molecular complexity index is 1310. The predicted octanol–water partition coefficient (Wildman–Crippen LogP) is 3.40. The molecular formula is C24H23ClFN7O2. The molecule has 3 aromatic rings. The molecule has 2 saturated heterocycles. The van der Waals surface area contributed by atoms with Crippen LogP contribution in [0.1, 0.15) is 24.2 Å². The number of benzene rings is 1. The monoisotopic (exact) mass is 495 g/mol. The highest BCUT2D eigenvalue weighted by Gasteiger charge is 2.53. The van der Waals surface area contributed by atoms with E-state index in [1.54, 1.807) is 11.0 Å². The number of hydrogen-bond acceptors (Lipinski definition) is 7. The number of nitrogens with zero attached hydrogens (tertiary/aromatic N) is 7. The molecule has 1 spiro atoms. The van der Waals surface area contributed by atoms with Crippen LogP contribution in [0.4, 0.5) is 21.0 Å². The molecule has 2 aromatic heterocycles. The minimum Gasteiger partial charge on any atom is -0.446 e. The van der Waals surface area contributed by atoms with Gasteiger partial charge in [-0.15, -0.1) is 10.2 Å². The van der Waals surface area contributed by atoms with Crippen LogP contribution in [0.15, 0.2) is 36.5 Å². The number of anilines is 2. The maximum atomic E-state index is 13.2. The molecule has 0 radical (unpaired) electrons. The Morgan fingerprint density at radius 2 is 1.86 bits per heavy atom. The molecule has 0 N–H and O–H groups in total. The van der Waals surface area contributed by atoms with Crippen LogP contribution in [-0.4, -0.2) is 63.0 Å². The number of rotatable bonds is 3. The summed E-state index contributed by atoms with van der Waals surface area (Å²) in [5.41, 5.74) is 2.02. The quantitative estimate of drug-likeness (QED) is 0.551. The smallest absolute Gasteiger partial charge is 0.410 e. The second-order valence-corrected chi connectivity index (χ2v) is 10.4. The topological polar surface area (TPSA) is 79.6 Å². The van der Waals surface area contributed by atoms with Gasteiger partial charge in [-0.05, 0) is 48.7 Å². The molecule has 7 rings (SSSR count). The average Bonchev–Trinajstić information content (AvgIpc) is 3.54. The van der Waals surface area contributed by atoms with E-state index in [0.717, 1.165) is 62.0 Å². The average molecular weight is 496 g/mol. The fourth-order valence-electron chi connectivity index (χ4n) is 5.31. The maximum absolute atomic E-state index is 13.2. The fraction of sp³-hybridized carbons (Fsp3) is 0.417. The van der Waals surface area contributed by atoms with Crippen LogP contribution >= 0.6 is 11.6 Å². The third-order valence-corrected chi connectivity index (χ3v) is 7.40. The number of fused-ring (bicyclic) bond motifs is 3. The molecule has 1 saturated carbocycles. The Balaban J connectivity index is 1.13. The van der Waals surface area contributed by atoms with Crippen molar-refractivity contribution in [3.63, 3.8) is 0 Å². The summed E-state index contributed by atoms with van der Waals surface area (Å²) in [7, 11) is 0. The van der Waals surface area contributed by atoms with Crippen molar-refractivity contribution in [2.75, 3.05) is 36.0 Å². The number of halogens is 2. The molecule has 3 fully saturated rings. The molecule has 35 heavy (non-hydrogen) atoms. The van der Waals surface area contributed by atoms with E-state index in [1.807, 2.05) is 22.8 Å². The van der Waals surface area contributed by atoms with E-state index in [0.29, 0.717) is 23.9 Å². The molecule has 3 aliphatic heterocycles. The number of hydrogen-bond donors (Lipinski definition) is 0. The first kappa shape index (κ1) is 20.9. The molecule has 4 aliphatic rings. The fourth-order valence-corrected chi connectivity index (χ4v) is 5.50. The van der Waals surface area contributed by atoms with Crippen LogP contribution in [0.5, 0.6) is 0 Å². The molecule has 180 valence electrons. The lowest BCUT2D eigenvalue weighted by atomic mass is 9.73. The Kier molecular flexibility index (Phi) is 4.51. The van der Waals surface area contributed by atoms with E-state index in [2.05, 4.69) is 25.0 Å². The van der Waals surface area contributed by atoms with Crippen molar-refractivity contribution in [3.8, 4) is 5.69 Å². The Labute approximate surface area is 206 Å². The Morgan fingerprint density at radius 3 is 2.60 bits per heavy atom. The highest BCUT2D eigenvalue weighted by atomic mass is 35.5. The zero-order chi connectivity index (χ0) is 23.7. The lowest BCUT2D eigenvalue weighted by Gasteiger charge is -2.60. The zero-order valence-corrected chi connectivity index (χ0v) is 19.7. The molecular weight excluding hydrogens is 473 g/mol. The highest BCUT2D eigenvalue weighted by Crippen LogP contribution is 2.44. The van der Waals surface area contributed by atoms with Crippen molar-refractivity contribution < 1.29 is 13.9 Å². The van der Waals surface area contributed by atoms with Gasteiger partial charge in [-0.1, -0.05) is 11.6 Å². The number of carbonyl (C=O) groups is 1. The van der Waals surface area contributed by atoms with Gasteiger partial charge >= 0.3 is 6.09 Å². The summed E-state index contributed by atoms with van der Waals surface area (Å²) in [5.74, 6) is 1.94. The van der Waals surface area contributed by atoms with Crippen molar-refractivity contribution in [1.82, 2.24) is 24.6 Å². The van der Waals surface area contributed by atoms with Crippen molar-refractivity contribution in [1.29, 1.82) is 0 Å². The van der Waals surface area contributed by atoms with Gasteiger partial charge in [0, 0.05) is 36.6 Å². The van der Waals surface area contributed by atoms with Gasteiger partial charge in [0.1, 0.15) is 17.7 Å². The van der Waals surface area contributed by atoms with Crippen LogP contribution < -0.4 is 9.80 Å². The summed E-state index contributed by atoms with van der Waals surface area (Å²) in [6.07, 6.45) is 2.80. The molecule has 9 nitrogen and oxygen atoms in total. The summed E-state index contributed by atoms with van der Waals surface area (Å²) in [6, 6.07) is 8.87. The first-order valence-corrected chi connectivity index (χ1v) is 12.1. The van der Waals surface area contributed by atoms with Gasteiger partial charge in [0.15, 0.2) is 5.82 Å². The molecule has 11 heteroatoms. The third-order valence-electron chi connectivity index (χ3n) is 7.16. The summed E-state index contributed by atoms with van der Waals surface area (Å²) in [5, 5.41) is 9.60. The standard InChI is InChI=1S/C24H23ClFN7O2/c25-16-1-5-19-15(7-16)9-30(23(34)35-18-3-4-18)10-21-28-29-22(33(19)21)32-13-24(14-32)11-31(12-24)20-6-2-17(26)8-27-20/h1-2,5-8,18H,3-4,9-14H2. The minimum atomic E-state index is -0.330. The van der Waals surface area contributed by atoms with E-state index < -0.39 is 0 Å². The van der Waals surface area contributed by atoms with Crippen molar-refractivity contribution in [2.24, 2.45) is 5.41 Å². The third kappa shape index (κ3) is 3.58.